The van der Waals surface area contributed by atoms with Gasteiger partial charge in [0.25, 0.3) is 0 Å². The van der Waals surface area contributed by atoms with Gasteiger partial charge in [0.2, 0.25) is 0 Å². The molecule has 0 aliphatic rings. The molecule has 0 bridgehead atoms. The van der Waals surface area contributed by atoms with Gasteiger partial charge in [-0.2, -0.15) is 0 Å². The van der Waals surface area contributed by atoms with Crippen molar-refractivity contribution in [2.45, 2.75) is 39.2 Å². The lowest BCUT2D eigenvalue weighted by Crippen LogP contribution is -2.36. The molecule has 0 aliphatic heterocycles. The summed E-state index contributed by atoms with van der Waals surface area (Å²) in [6.07, 6.45) is 0. The van der Waals surface area contributed by atoms with Gasteiger partial charge >= 0.3 is 0 Å². The molecule has 1 nitrogen and oxygen atoms in total. The molecule has 0 amide bonds. The average molecular weight is 285 g/mol. The van der Waals surface area contributed by atoms with Gasteiger partial charge in [0.15, 0.2) is 0 Å². The smallest absolute Gasteiger partial charge is 0.128 e. The van der Waals surface area contributed by atoms with Gasteiger partial charge in [-0.1, -0.05) is 50.2 Å². The number of hydrogen-bond donors (Lipinski definition) is 1. The Hall–Kier alpha value is -1.67. The highest BCUT2D eigenvalue weighted by atomic mass is 19.1. The lowest BCUT2D eigenvalue weighted by atomic mass is 9.74. The summed E-state index contributed by atoms with van der Waals surface area (Å²) in [5, 5.41) is 3.32. The predicted molar refractivity (Wildman–Crippen MR) is 87.1 cm³/mol. The highest BCUT2D eigenvalue weighted by Gasteiger charge is 2.34. The van der Waals surface area contributed by atoms with Crippen molar-refractivity contribution in [2.75, 3.05) is 7.05 Å². The van der Waals surface area contributed by atoms with E-state index < -0.39 is 0 Å². The largest absolute Gasteiger partial charge is 0.312 e. The van der Waals surface area contributed by atoms with E-state index in [1.807, 2.05) is 45.2 Å². The number of likely N-dealkylation sites (N-methyl/N-ethyl adjacent to an activating group) is 1. The summed E-state index contributed by atoms with van der Waals surface area (Å²) in [7, 11) is 1.90. The van der Waals surface area contributed by atoms with E-state index in [-0.39, 0.29) is 17.3 Å². The first kappa shape index (κ1) is 15.7. The van der Waals surface area contributed by atoms with Gasteiger partial charge in [-0.25, -0.2) is 4.39 Å². The standard InChI is InChI=1S/C19H24FN/c1-13-11-14(2)17(16(20)12-13)18(21-5)19(3,4)15-9-7-6-8-10-15/h6-12,18,21H,1-5H3. The molecule has 1 N–H and O–H groups in total. The first-order chi connectivity index (χ1) is 9.87. The van der Waals surface area contributed by atoms with E-state index in [1.165, 1.54) is 5.56 Å². The van der Waals surface area contributed by atoms with Crippen LogP contribution in [0.3, 0.4) is 0 Å². The molecule has 2 heteroatoms. The predicted octanol–water partition coefficient (Wildman–Crippen LogP) is 4.68. The van der Waals surface area contributed by atoms with Gasteiger partial charge in [-0.05, 0) is 43.7 Å². The Balaban J connectivity index is 2.55. The normalized spacial score (nSPS) is 13.2. The second-order valence-corrected chi connectivity index (χ2v) is 6.29. The summed E-state index contributed by atoms with van der Waals surface area (Å²) in [4.78, 5) is 0. The number of halogens is 1. The molecule has 0 spiro atoms. The van der Waals surface area contributed by atoms with Crippen LogP contribution < -0.4 is 5.32 Å². The Morgan fingerprint density at radius 2 is 1.67 bits per heavy atom. The number of aryl methyl sites for hydroxylation is 2. The number of benzene rings is 2. The second-order valence-electron chi connectivity index (χ2n) is 6.29. The molecule has 0 saturated carbocycles. The molecule has 0 saturated heterocycles. The summed E-state index contributed by atoms with van der Waals surface area (Å²) in [5.74, 6) is -0.129. The van der Waals surface area contributed by atoms with Crippen molar-refractivity contribution >= 4 is 0 Å². The number of rotatable bonds is 4. The van der Waals surface area contributed by atoms with Gasteiger partial charge in [0.1, 0.15) is 5.82 Å². The summed E-state index contributed by atoms with van der Waals surface area (Å²) in [5.41, 5.74) is 3.70. The lowest BCUT2D eigenvalue weighted by Gasteiger charge is -2.36. The molecule has 1 unspecified atom stereocenters. The summed E-state index contributed by atoms with van der Waals surface area (Å²) in [6.45, 7) is 8.22. The Labute approximate surface area is 127 Å². The maximum atomic E-state index is 14.6. The average Bonchev–Trinajstić information content (AvgIpc) is 2.43. The summed E-state index contributed by atoms with van der Waals surface area (Å²) < 4.78 is 14.6. The van der Waals surface area contributed by atoms with E-state index in [0.717, 1.165) is 16.7 Å². The first-order valence-electron chi connectivity index (χ1n) is 7.37. The molecular formula is C19H24FN. The van der Waals surface area contributed by atoms with Gasteiger partial charge in [-0.3, -0.25) is 0 Å². The van der Waals surface area contributed by atoms with Crippen LogP contribution in [0.4, 0.5) is 4.39 Å². The molecule has 2 aromatic carbocycles. The van der Waals surface area contributed by atoms with Crippen molar-refractivity contribution in [1.29, 1.82) is 0 Å². The summed E-state index contributed by atoms with van der Waals surface area (Å²) in [6, 6.07) is 13.9. The minimum absolute atomic E-state index is 0.0829. The third-order valence-corrected chi connectivity index (χ3v) is 4.30. The molecule has 1 atom stereocenters. The van der Waals surface area contributed by atoms with Crippen LogP contribution in [0.2, 0.25) is 0 Å². The molecule has 21 heavy (non-hydrogen) atoms. The van der Waals surface area contributed by atoms with Crippen LogP contribution in [0.1, 0.15) is 42.1 Å². The number of nitrogens with one attached hydrogen (secondary N) is 1. The lowest BCUT2D eigenvalue weighted by molar-refractivity contribution is 0.356. The minimum atomic E-state index is -0.211. The quantitative estimate of drug-likeness (QED) is 0.860. The molecule has 2 rings (SSSR count). The fourth-order valence-electron chi connectivity index (χ4n) is 3.19. The highest BCUT2D eigenvalue weighted by molar-refractivity contribution is 5.39. The van der Waals surface area contributed by atoms with Crippen molar-refractivity contribution in [1.82, 2.24) is 5.32 Å². The Morgan fingerprint density at radius 3 is 2.19 bits per heavy atom. The monoisotopic (exact) mass is 285 g/mol. The van der Waals surface area contributed by atoms with E-state index in [1.54, 1.807) is 6.07 Å². The molecular weight excluding hydrogens is 261 g/mol. The van der Waals surface area contributed by atoms with Crippen molar-refractivity contribution in [3.8, 4) is 0 Å². The van der Waals surface area contributed by atoms with Gasteiger partial charge in [0, 0.05) is 17.0 Å². The van der Waals surface area contributed by atoms with Crippen LogP contribution in [0.25, 0.3) is 0 Å². The SMILES string of the molecule is CNC(c1c(C)cc(C)cc1F)C(C)(C)c1ccccc1. The topological polar surface area (TPSA) is 12.0 Å². The van der Waals surface area contributed by atoms with Crippen LogP contribution >= 0.6 is 0 Å². The maximum Gasteiger partial charge on any atom is 0.128 e. The van der Waals surface area contributed by atoms with Crippen molar-refractivity contribution < 1.29 is 4.39 Å². The highest BCUT2D eigenvalue weighted by Crippen LogP contribution is 2.39. The van der Waals surface area contributed by atoms with Crippen molar-refractivity contribution in [2.24, 2.45) is 0 Å². The van der Waals surface area contributed by atoms with Gasteiger partial charge < -0.3 is 5.32 Å². The molecule has 0 radical (unpaired) electrons. The zero-order valence-electron chi connectivity index (χ0n) is 13.5. The zero-order valence-corrected chi connectivity index (χ0v) is 13.5. The van der Waals surface area contributed by atoms with Crippen LogP contribution in [-0.4, -0.2) is 7.05 Å². The van der Waals surface area contributed by atoms with E-state index in [0.29, 0.717) is 0 Å². The molecule has 112 valence electrons. The van der Waals surface area contributed by atoms with E-state index in [2.05, 4.69) is 31.3 Å². The minimum Gasteiger partial charge on any atom is -0.312 e. The molecule has 2 aromatic rings. The van der Waals surface area contributed by atoms with Crippen LogP contribution in [0.15, 0.2) is 42.5 Å². The first-order valence-corrected chi connectivity index (χ1v) is 7.37. The zero-order chi connectivity index (χ0) is 15.6. The van der Waals surface area contributed by atoms with Crippen LogP contribution in [0, 0.1) is 19.7 Å². The second kappa shape index (κ2) is 5.98. The van der Waals surface area contributed by atoms with E-state index >= 15 is 0 Å². The van der Waals surface area contributed by atoms with Gasteiger partial charge in [0.05, 0.1) is 0 Å². The third-order valence-electron chi connectivity index (χ3n) is 4.30. The third kappa shape index (κ3) is 3.01. The Kier molecular flexibility index (Phi) is 4.48. The molecule has 0 heterocycles. The fraction of sp³-hybridized carbons (Fsp3) is 0.368. The van der Waals surface area contributed by atoms with E-state index in [9.17, 15) is 4.39 Å². The summed E-state index contributed by atoms with van der Waals surface area (Å²) >= 11 is 0. The van der Waals surface area contributed by atoms with Crippen molar-refractivity contribution in [3.63, 3.8) is 0 Å². The molecule has 0 fully saturated rings. The maximum absolute atomic E-state index is 14.6. The van der Waals surface area contributed by atoms with Crippen LogP contribution in [-0.2, 0) is 5.41 Å². The molecule has 0 aliphatic carbocycles. The number of hydrogen-bond acceptors (Lipinski definition) is 1. The van der Waals surface area contributed by atoms with Crippen molar-refractivity contribution in [3.05, 3.63) is 70.5 Å². The molecule has 0 aromatic heterocycles. The van der Waals surface area contributed by atoms with E-state index in [4.69, 9.17) is 0 Å². The fourth-order valence-corrected chi connectivity index (χ4v) is 3.19. The van der Waals surface area contributed by atoms with Crippen LogP contribution in [0.5, 0.6) is 0 Å². The Morgan fingerprint density at radius 1 is 1.05 bits per heavy atom. The van der Waals surface area contributed by atoms with Gasteiger partial charge in [-0.15, -0.1) is 0 Å². The Bertz CT molecular complexity index is 594.